The van der Waals surface area contributed by atoms with Gasteiger partial charge in [-0.05, 0) is 42.0 Å². The lowest BCUT2D eigenvalue weighted by Gasteiger charge is -1.97. The normalized spacial score (nSPS) is 9.50. The Labute approximate surface area is 119 Å². The summed E-state index contributed by atoms with van der Waals surface area (Å²) in [6, 6.07) is 17.2. The van der Waals surface area contributed by atoms with Crippen molar-refractivity contribution in [3.05, 3.63) is 60.2 Å². The van der Waals surface area contributed by atoms with E-state index < -0.39 is 0 Å². The molecule has 0 aliphatic carbocycles. The Kier molecular flexibility index (Phi) is 7.20. The molecule has 2 aromatic carbocycles. The largest absolute Gasteiger partial charge is 0.497 e. The molecule has 0 heterocycles. The van der Waals surface area contributed by atoms with E-state index in [1.165, 1.54) is 0 Å². The van der Waals surface area contributed by atoms with Gasteiger partial charge in [0, 0.05) is 6.72 Å². The Morgan fingerprint density at radius 2 is 1.40 bits per heavy atom. The van der Waals surface area contributed by atoms with Crippen molar-refractivity contribution in [1.82, 2.24) is 0 Å². The zero-order chi connectivity index (χ0) is 14.6. The molecule has 20 heavy (non-hydrogen) atoms. The van der Waals surface area contributed by atoms with Crippen LogP contribution in [0.15, 0.2) is 64.8 Å². The second kappa shape index (κ2) is 9.33. The van der Waals surface area contributed by atoms with Gasteiger partial charge < -0.3 is 9.47 Å². The van der Waals surface area contributed by atoms with E-state index in [2.05, 4.69) is 16.9 Å². The van der Waals surface area contributed by atoms with E-state index >= 15 is 0 Å². The maximum atomic E-state index is 4.99. The lowest BCUT2D eigenvalue weighted by Crippen LogP contribution is -1.83. The predicted octanol–water partition coefficient (Wildman–Crippen LogP) is 3.42. The number of methoxy groups -OCH3 is 2. The Morgan fingerprint density at radius 3 is 1.85 bits per heavy atom. The number of ether oxygens (including phenoxy) is 2. The van der Waals surface area contributed by atoms with Gasteiger partial charge in [0.05, 0.1) is 20.4 Å². The molecule has 0 fully saturated rings. The molecule has 0 bridgehead atoms. The molecule has 0 atom stereocenters. The van der Waals surface area contributed by atoms with Crippen LogP contribution in [-0.4, -0.2) is 27.2 Å². The van der Waals surface area contributed by atoms with Crippen LogP contribution in [0.4, 0.5) is 0 Å². The van der Waals surface area contributed by atoms with Crippen LogP contribution >= 0.6 is 0 Å². The van der Waals surface area contributed by atoms with E-state index in [0.717, 1.165) is 17.1 Å². The molecule has 0 saturated heterocycles. The summed E-state index contributed by atoms with van der Waals surface area (Å²) < 4.78 is 9.91. The van der Waals surface area contributed by atoms with Gasteiger partial charge in [0.1, 0.15) is 11.5 Å². The summed E-state index contributed by atoms with van der Waals surface area (Å²) in [5, 5.41) is 7.01. The molecule has 0 radical (unpaired) electrons. The fourth-order valence-corrected chi connectivity index (χ4v) is 1.35. The number of rotatable bonds is 4. The molecule has 104 valence electrons. The first-order chi connectivity index (χ1) is 9.80. The number of benzene rings is 2. The highest BCUT2D eigenvalue weighted by atomic mass is 16.5. The number of para-hydroxylation sites is 1. The second-order valence-electron chi connectivity index (χ2n) is 3.68. The molecule has 4 nitrogen and oxygen atoms in total. The SMILES string of the molecule is C=NN=Cc1ccc(OC)cc1.COc1ccccc1. The molecule has 0 saturated carbocycles. The molecule has 0 aliphatic rings. The van der Waals surface area contributed by atoms with Gasteiger partial charge in [-0.3, -0.25) is 0 Å². The van der Waals surface area contributed by atoms with Crippen molar-refractivity contribution in [3.8, 4) is 11.5 Å². The minimum atomic E-state index is 0.832. The van der Waals surface area contributed by atoms with Crippen LogP contribution in [0.2, 0.25) is 0 Å². The average Bonchev–Trinajstić information content (AvgIpc) is 2.54. The first-order valence-electron chi connectivity index (χ1n) is 6.02. The molecule has 0 aromatic heterocycles. The summed E-state index contributed by atoms with van der Waals surface area (Å²) in [7, 11) is 3.30. The molecule has 0 unspecified atom stereocenters. The van der Waals surface area contributed by atoms with Crippen molar-refractivity contribution in [2.45, 2.75) is 0 Å². The Balaban J connectivity index is 0.000000217. The Bertz CT molecular complexity index is 522. The van der Waals surface area contributed by atoms with E-state index in [9.17, 15) is 0 Å². The quantitative estimate of drug-likeness (QED) is 0.631. The van der Waals surface area contributed by atoms with Crippen LogP contribution in [0.5, 0.6) is 11.5 Å². The monoisotopic (exact) mass is 270 g/mol. The van der Waals surface area contributed by atoms with Crippen molar-refractivity contribution >= 4 is 12.9 Å². The van der Waals surface area contributed by atoms with Crippen molar-refractivity contribution in [2.75, 3.05) is 14.2 Å². The van der Waals surface area contributed by atoms with Gasteiger partial charge in [-0.1, -0.05) is 18.2 Å². The van der Waals surface area contributed by atoms with E-state index in [0.29, 0.717) is 0 Å². The molecule has 0 aliphatic heterocycles. The zero-order valence-corrected chi connectivity index (χ0v) is 11.7. The van der Waals surface area contributed by atoms with Gasteiger partial charge >= 0.3 is 0 Å². The van der Waals surface area contributed by atoms with Gasteiger partial charge in [0.25, 0.3) is 0 Å². The number of hydrogen-bond acceptors (Lipinski definition) is 4. The third-order valence-corrected chi connectivity index (χ3v) is 2.38. The van der Waals surface area contributed by atoms with Crippen molar-refractivity contribution < 1.29 is 9.47 Å². The van der Waals surface area contributed by atoms with Gasteiger partial charge in [0.2, 0.25) is 0 Å². The lowest BCUT2D eigenvalue weighted by atomic mass is 10.2. The van der Waals surface area contributed by atoms with Crippen molar-refractivity contribution in [3.63, 3.8) is 0 Å². The minimum Gasteiger partial charge on any atom is -0.497 e. The molecule has 0 N–H and O–H groups in total. The third kappa shape index (κ3) is 5.82. The zero-order valence-electron chi connectivity index (χ0n) is 11.7. The second-order valence-corrected chi connectivity index (χ2v) is 3.68. The van der Waals surface area contributed by atoms with Crippen molar-refractivity contribution in [1.29, 1.82) is 0 Å². The van der Waals surface area contributed by atoms with E-state index in [1.807, 2.05) is 54.6 Å². The molecule has 0 amide bonds. The smallest absolute Gasteiger partial charge is 0.118 e. The lowest BCUT2D eigenvalue weighted by molar-refractivity contribution is 0.414. The van der Waals surface area contributed by atoms with Gasteiger partial charge in [-0.25, -0.2) is 0 Å². The topological polar surface area (TPSA) is 43.2 Å². The predicted molar refractivity (Wildman–Crippen MR) is 83.1 cm³/mol. The summed E-state index contributed by atoms with van der Waals surface area (Å²) in [6.07, 6.45) is 1.63. The van der Waals surface area contributed by atoms with Crippen LogP contribution in [0.25, 0.3) is 0 Å². The third-order valence-electron chi connectivity index (χ3n) is 2.38. The summed E-state index contributed by atoms with van der Waals surface area (Å²) in [6.45, 7) is 3.24. The highest BCUT2D eigenvalue weighted by molar-refractivity contribution is 5.79. The molecule has 2 aromatic rings. The molecule has 4 heteroatoms. The standard InChI is InChI=1S/C9H10N2O.C7H8O/c1-10-11-7-8-3-5-9(12-2)6-4-8;1-8-7-5-3-2-4-6-7/h3-7H,1H2,2H3;2-6H,1H3. The molecular formula is C16H18N2O2. The molecule has 2 rings (SSSR count). The summed E-state index contributed by atoms with van der Waals surface area (Å²) in [5.74, 6) is 1.74. The van der Waals surface area contributed by atoms with Crippen LogP contribution in [0.3, 0.4) is 0 Å². The molecule has 0 spiro atoms. The Morgan fingerprint density at radius 1 is 0.850 bits per heavy atom. The Hall–Kier alpha value is -2.62. The van der Waals surface area contributed by atoms with Crippen LogP contribution in [-0.2, 0) is 0 Å². The van der Waals surface area contributed by atoms with Crippen molar-refractivity contribution in [2.24, 2.45) is 10.2 Å². The summed E-state index contributed by atoms with van der Waals surface area (Å²) in [5.41, 5.74) is 0.975. The summed E-state index contributed by atoms with van der Waals surface area (Å²) >= 11 is 0. The van der Waals surface area contributed by atoms with E-state index in [4.69, 9.17) is 9.47 Å². The van der Waals surface area contributed by atoms with Crippen LogP contribution in [0, 0.1) is 0 Å². The highest BCUT2D eigenvalue weighted by Crippen LogP contribution is 2.09. The average molecular weight is 270 g/mol. The first-order valence-corrected chi connectivity index (χ1v) is 6.02. The molecular weight excluding hydrogens is 252 g/mol. The van der Waals surface area contributed by atoms with Crippen LogP contribution in [0.1, 0.15) is 5.56 Å². The van der Waals surface area contributed by atoms with E-state index in [-0.39, 0.29) is 0 Å². The first kappa shape index (κ1) is 15.4. The maximum absolute atomic E-state index is 4.99. The fourth-order valence-electron chi connectivity index (χ4n) is 1.35. The maximum Gasteiger partial charge on any atom is 0.118 e. The minimum absolute atomic E-state index is 0.832. The van der Waals surface area contributed by atoms with Gasteiger partial charge in [0.15, 0.2) is 0 Å². The van der Waals surface area contributed by atoms with Gasteiger partial charge in [-0.2, -0.15) is 10.2 Å². The van der Waals surface area contributed by atoms with Gasteiger partial charge in [-0.15, -0.1) is 0 Å². The fraction of sp³-hybridized carbons (Fsp3) is 0.125. The van der Waals surface area contributed by atoms with E-state index in [1.54, 1.807) is 20.4 Å². The highest BCUT2D eigenvalue weighted by Gasteiger charge is 1.89. The summed E-state index contributed by atoms with van der Waals surface area (Å²) in [4.78, 5) is 0. The van der Waals surface area contributed by atoms with Crippen LogP contribution < -0.4 is 9.47 Å². The number of nitrogens with zero attached hydrogens (tertiary/aromatic N) is 2. The number of hydrogen-bond donors (Lipinski definition) is 0.